The van der Waals surface area contributed by atoms with Crippen molar-refractivity contribution < 1.29 is 14.3 Å². The van der Waals surface area contributed by atoms with Crippen LogP contribution in [0.1, 0.15) is 18.1 Å². The standard InChI is InChI=1S/C30H25IN2O3S/c1-3-33-29(34)28(37-30(33)32-24-11-13-25(35-2)14-12-24)18-20-9-15-27(26(31)17-20)36-19-21-8-10-22-6-4-5-7-23(22)16-21/h4-18H,3,19H2,1-2H3/b28-18+,32-30?. The zero-order valence-electron chi connectivity index (χ0n) is 20.5. The summed E-state index contributed by atoms with van der Waals surface area (Å²) in [6.45, 7) is 3.00. The number of carbonyl (C=O) groups is 1. The van der Waals surface area contributed by atoms with Crippen LogP contribution in [-0.4, -0.2) is 29.6 Å². The first-order valence-corrected chi connectivity index (χ1v) is 13.8. The number of benzene rings is 4. The van der Waals surface area contributed by atoms with Gasteiger partial charge in [-0.3, -0.25) is 9.69 Å². The fraction of sp³-hybridized carbons (Fsp3) is 0.133. The van der Waals surface area contributed by atoms with E-state index in [2.05, 4.69) is 52.9 Å². The minimum absolute atomic E-state index is 0.0357. The van der Waals surface area contributed by atoms with Crippen LogP contribution in [-0.2, 0) is 11.4 Å². The van der Waals surface area contributed by atoms with E-state index in [0.717, 1.165) is 31.9 Å². The van der Waals surface area contributed by atoms with Gasteiger partial charge in [0, 0.05) is 6.54 Å². The summed E-state index contributed by atoms with van der Waals surface area (Å²) in [7, 11) is 1.63. The number of amidine groups is 1. The number of fused-ring (bicyclic) bond motifs is 1. The molecule has 1 amide bonds. The highest BCUT2D eigenvalue weighted by Gasteiger charge is 2.32. The van der Waals surface area contributed by atoms with Crippen molar-refractivity contribution in [2.45, 2.75) is 13.5 Å². The van der Waals surface area contributed by atoms with Crippen molar-refractivity contribution in [1.29, 1.82) is 0 Å². The summed E-state index contributed by atoms with van der Waals surface area (Å²) >= 11 is 3.67. The zero-order valence-corrected chi connectivity index (χ0v) is 23.5. The van der Waals surface area contributed by atoms with Crippen LogP contribution in [0.15, 0.2) is 94.8 Å². The Labute approximate surface area is 234 Å². The van der Waals surface area contributed by atoms with E-state index in [9.17, 15) is 4.79 Å². The van der Waals surface area contributed by atoms with Crippen LogP contribution in [0.3, 0.4) is 0 Å². The lowest BCUT2D eigenvalue weighted by atomic mass is 10.1. The van der Waals surface area contributed by atoms with Crippen LogP contribution in [0.25, 0.3) is 16.8 Å². The highest BCUT2D eigenvalue weighted by atomic mass is 127. The Hall–Kier alpha value is -3.30. The molecule has 0 saturated carbocycles. The smallest absolute Gasteiger partial charge is 0.266 e. The van der Waals surface area contributed by atoms with E-state index in [0.29, 0.717) is 23.2 Å². The van der Waals surface area contributed by atoms with E-state index in [1.807, 2.05) is 67.6 Å². The van der Waals surface area contributed by atoms with Gasteiger partial charge in [0.05, 0.1) is 21.3 Å². The lowest BCUT2D eigenvalue weighted by molar-refractivity contribution is -0.122. The third kappa shape index (κ3) is 5.83. The lowest BCUT2D eigenvalue weighted by Gasteiger charge is -2.12. The first-order valence-electron chi connectivity index (χ1n) is 11.9. The van der Waals surface area contributed by atoms with E-state index in [4.69, 9.17) is 14.5 Å². The van der Waals surface area contributed by atoms with Crippen LogP contribution in [0, 0.1) is 3.57 Å². The van der Waals surface area contributed by atoms with Crippen molar-refractivity contribution in [2.24, 2.45) is 4.99 Å². The van der Waals surface area contributed by atoms with Gasteiger partial charge in [-0.15, -0.1) is 0 Å². The van der Waals surface area contributed by atoms with Crippen molar-refractivity contribution in [1.82, 2.24) is 4.90 Å². The largest absolute Gasteiger partial charge is 0.497 e. The number of halogens is 1. The molecule has 7 heteroatoms. The number of nitrogens with zero attached hydrogens (tertiary/aromatic N) is 2. The monoisotopic (exact) mass is 620 g/mol. The minimum atomic E-state index is -0.0357. The molecule has 0 N–H and O–H groups in total. The highest BCUT2D eigenvalue weighted by Crippen LogP contribution is 2.35. The molecule has 0 aromatic heterocycles. The minimum Gasteiger partial charge on any atom is -0.497 e. The molecule has 1 heterocycles. The average molecular weight is 621 g/mol. The van der Waals surface area contributed by atoms with Gasteiger partial charge in [0.25, 0.3) is 5.91 Å². The van der Waals surface area contributed by atoms with Gasteiger partial charge in [-0.25, -0.2) is 4.99 Å². The predicted octanol–water partition coefficient (Wildman–Crippen LogP) is 7.66. The molecule has 1 aliphatic rings. The molecule has 0 unspecified atom stereocenters. The summed E-state index contributed by atoms with van der Waals surface area (Å²) in [5.41, 5.74) is 2.84. The second-order valence-corrected chi connectivity index (χ2v) is 10.6. The molecular formula is C30H25IN2O3S. The average Bonchev–Trinajstić information content (AvgIpc) is 3.21. The second kappa shape index (κ2) is 11.4. The van der Waals surface area contributed by atoms with Gasteiger partial charge in [-0.2, -0.15) is 0 Å². The Morgan fingerprint density at radius 3 is 2.49 bits per heavy atom. The molecule has 186 valence electrons. The Bertz CT molecular complexity index is 1520. The number of likely N-dealkylation sites (N-methyl/N-ethyl adjacent to an activating group) is 1. The third-order valence-corrected chi connectivity index (χ3v) is 7.81. The van der Waals surface area contributed by atoms with E-state index >= 15 is 0 Å². The number of rotatable bonds is 7. The van der Waals surface area contributed by atoms with Gasteiger partial charge in [0.1, 0.15) is 18.1 Å². The van der Waals surface area contributed by atoms with Crippen molar-refractivity contribution in [3.05, 3.63) is 105 Å². The zero-order chi connectivity index (χ0) is 25.8. The predicted molar refractivity (Wildman–Crippen MR) is 160 cm³/mol. The number of hydrogen-bond donors (Lipinski definition) is 0. The molecule has 5 rings (SSSR count). The number of methoxy groups -OCH3 is 1. The van der Waals surface area contributed by atoms with Crippen LogP contribution >= 0.6 is 34.4 Å². The summed E-state index contributed by atoms with van der Waals surface area (Å²) in [6, 6.07) is 28.1. The second-order valence-electron chi connectivity index (χ2n) is 8.41. The van der Waals surface area contributed by atoms with E-state index in [-0.39, 0.29) is 5.91 Å². The normalized spacial score (nSPS) is 15.6. The van der Waals surface area contributed by atoms with Gasteiger partial charge in [0.2, 0.25) is 0 Å². The maximum absolute atomic E-state index is 13.1. The fourth-order valence-corrected chi connectivity index (χ4v) is 5.76. The number of thioether (sulfide) groups is 1. The molecule has 37 heavy (non-hydrogen) atoms. The van der Waals surface area contributed by atoms with E-state index < -0.39 is 0 Å². The van der Waals surface area contributed by atoms with Gasteiger partial charge in [-0.05, 0) is 112 Å². The third-order valence-electron chi connectivity index (χ3n) is 5.96. The first kappa shape index (κ1) is 25.4. The van der Waals surface area contributed by atoms with Crippen molar-refractivity contribution >= 4 is 68.0 Å². The van der Waals surface area contributed by atoms with Crippen LogP contribution in [0.5, 0.6) is 11.5 Å². The lowest BCUT2D eigenvalue weighted by Crippen LogP contribution is -2.28. The Kier molecular flexibility index (Phi) is 7.81. The quantitative estimate of drug-likeness (QED) is 0.157. The first-order chi connectivity index (χ1) is 18.0. The van der Waals surface area contributed by atoms with Crippen LogP contribution in [0.2, 0.25) is 0 Å². The molecule has 1 saturated heterocycles. The summed E-state index contributed by atoms with van der Waals surface area (Å²) in [4.78, 5) is 20.1. The van der Waals surface area contributed by atoms with Crippen molar-refractivity contribution in [3.8, 4) is 11.5 Å². The maximum Gasteiger partial charge on any atom is 0.266 e. The topological polar surface area (TPSA) is 51.1 Å². The Balaban J connectivity index is 1.30. The number of carbonyl (C=O) groups excluding carboxylic acids is 1. The molecule has 4 aromatic carbocycles. The van der Waals surface area contributed by atoms with Crippen LogP contribution in [0.4, 0.5) is 5.69 Å². The number of hydrogen-bond acceptors (Lipinski definition) is 5. The summed E-state index contributed by atoms with van der Waals surface area (Å²) in [5, 5.41) is 3.10. The molecule has 0 spiro atoms. The summed E-state index contributed by atoms with van der Waals surface area (Å²) < 4.78 is 12.3. The summed E-state index contributed by atoms with van der Waals surface area (Å²) in [5.74, 6) is 1.55. The van der Waals surface area contributed by atoms with E-state index in [1.54, 1.807) is 12.0 Å². The number of ether oxygens (including phenoxy) is 2. The molecule has 0 atom stereocenters. The molecule has 0 bridgehead atoms. The molecule has 5 nitrogen and oxygen atoms in total. The van der Waals surface area contributed by atoms with Crippen LogP contribution < -0.4 is 9.47 Å². The fourth-order valence-electron chi connectivity index (χ4n) is 4.00. The highest BCUT2D eigenvalue weighted by molar-refractivity contribution is 14.1. The molecule has 4 aromatic rings. The Morgan fingerprint density at radius 2 is 1.76 bits per heavy atom. The Morgan fingerprint density at radius 1 is 0.973 bits per heavy atom. The van der Waals surface area contributed by atoms with Gasteiger partial charge < -0.3 is 9.47 Å². The van der Waals surface area contributed by atoms with Gasteiger partial charge in [-0.1, -0.05) is 42.5 Å². The molecule has 0 aliphatic carbocycles. The number of amides is 1. The van der Waals surface area contributed by atoms with Gasteiger partial charge >= 0.3 is 0 Å². The molecule has 0 radical (unpaired) electrons. The maximum atomic E-state index is 13.1. The van der Waals surface area contributed by atoms with Crippen molar-refractivity contribution in [2.75, 3.05) is 13.7 Å². The molecular weight excluding hydrogens is 595 g/mol. The molecule has 1 fully saturated rings. The van der Waals surface area contributed by atoms with Crippen molar-refractivity contribution in [3.63, 3.8) is 0 Å². The summed E-state index contributed by atoms with van der Waals surface area (Å²) in [6.07, 6.45) is 1.92. The SMILES string of the molecule is CCN1C(=O)/C(=C\c2ccc(OCc3ccc4ccccc4c3)c(I)c2)SC1=Nc1ccc(OC)cc1. The molecule has 1 aliphatic heterocycles. The van der Waals surface area contributed by atoms with Gasteiger partial charge in [0.15, 0.2) is 5.17 Å². The number of aliphatic imine (C=N–C) groups is 1. The van der Waals surface area contributed by atoms with E-state index in [1.165, 1.54) is 22.5 Å².